The number of carbonyl (C=O) groups excluding carboxylic acids is 2. The predicted molar refractivity (Wildman–Crippen MR) is 144 cm³/mol. The van der Waals surface area contributed by atoms with E-state index >= 15 is 0 Å². The molecule has 0 radical (unpaired) electrons. The van der Waals surface area contributed by atoms with E-state index in [1.165, 1.54) is 19.6 Å². The van der Waals surface area contributed by atoms with E-state index in [0.717, 1.165) is 0 Å². The minimum Gasteiger partial charge on any atom is -0.478 e. The number of ether oxygens (including phenoxy) is 5. The first kappa shape index (κ1) is 36.7. The first-order chi connectivity index (χ1) is 20.1. The van der Waals surface area contributed by atoms with Crippen LogP contribution >= 0.6 is 7.60 Å². The molecule has 0 spiro atoms. The van der Waals surface area contributed by atoms with E-state index < -0.39 is 63.5 Å². The lowest BCUT2D eigenvalue weighted by atomic mass is 10.5. The van der Waals surface area contributed by atoms with Crippen molar-refractivity contribution >= 4 is 48.8 Å². The lowest BCUT2D eigenvalue weighted by Crippen LogP contribution is -2.21. The average molecular weight is 636 g/mol. The van der Waals surface area contributed by atoms with Gasteiger partial charge in [0.15, 0.2) is 17.3 Å². The molecule has 19 nitrogen and oxygen atoms in total. The van der Waals surface area contributed by atoms with Crippen LogP contribution in [-0.2, 0) is 53.4 Å². The summed E-state index contributed by atoms with van der Waals surface area (Å²) in [7, 11) is -4.11. The highest BCUT2D eigenvalue weighted by atomic mass is 31.2. The first-order valence-corrected chi connectivity index (χ1v) is 14.0. The smallest absolute Gasteiger partial charge is 0.478 e. The second-order valence-corrected chi connectivity index (χ2v) is 10.8. The van der Waals surface area contributed by atoms with Gasteiger partial charge >= 0.3 is 31.8 Å². The van der Waals surface area contributed by atoms with Gasteiger partial charge in [0.1, 0.15) is 11.8 Å². The molecular weight excluding hydrogens is 601 g/mol. The standard InChI is InChI=1S/C19H30N5O10P.C4H4O4/c1-12(2)33-18(25)29-10-31-35(27,32-11-30-19(26)34-13(3)4)14(5)28-7-6-24-9-23-15-16(20)21-8-22-17(15)24;5-3(6)1-2-4(7)8/h8-9,12-14H,6-7,10-11H2,1-5H3,(H2,20,21,22);1-2H,(H,5,6)(H,7,8)/b;2-1+. The Hall–Kier alpha value is -4.32. The number of aliphatic carboxylic acids is 2. The highest BCUT2D eigenvalue weighted by Crippen LogP contribution is 2.53. The minimum atomic E-state index is -4.11. The molecule has 0 bridgehead atoms. The quantitative estimate of drug-likeness (QED) is 0.110. The Morgan fingerprint density at radius 1 is 0.907 bits per heavy atom. The number of anilines is 1. The number of carbonyl (C=O) groups is 4. The Bertz CT molecular complexity index is 1250. The molecular formula is C23H34N5O14P. The topological polar surface area (TPSA) is 260 Å². The molecule has 20 heteroatoms. The summed E-state index contributed by atoms with van der Waals surface area (Å²) in [6, 6.07) is 0. The van der Waals surface area contributed by atoms with Gasteiger partial charge in [0, 0.05) is 18.7 Å². The summed E-state index contributed by atoms with van der Waals surface area (Å²) in [6.45, 7) is 6.74. The predicted octanol–water partition coefficient (Wildman–Crippen LogP) is 2.75. The van der Waals surface area contributed by atoms with Crippen molar-refractivity contribution in [3.63, 3.8) is 0 Å². The Labute approximate surface area is 245 Å². The van der Waals surface area contributed by atoms with Gasteiger partial charge in [-0.25, -0.2) is 34.1 Å². The Balaban J connectivity index is 0.00000101. The zero-order chi connectivity index (χ0) is 32.6. The van der Waals surface area contributed by atoms with Gasteiger partial charge in [-0.05, 0) is 34.6 Å². The van der Waals surface area contributed by atoms with Crippen molar-refractivity contribution in [2.24, 2.45) is 0 Å². The van der Waals surface area contributed by atoms with Crippen molar-refractivity contribution in [2.45, 2.75) is 59.2 Å². The third-order valence-electron chi connectivity index (χ3n) is 4.42. The van der Waals surface area contributed by atoms with Crippen LogP contribution in [0.25, 0.3) is 11.2 Å². The third kappa shape index (κ3) is 14.4. The summed E-state index contributed by atoms with van der Waals surface area (Å²) in [5.74, 6) is -3.42. The summed E-state index contributed by atoms with van der Waals surface area (Å²) in [6.07, 6.45) is 1.05. The second-order valence-electron chi connectivity index (χ2n) is 8.50. The summed E-state index contributed by atoms with van der Waals surface area (Å²) >= 11 is 0. The van der Waals surface area contributed by atoms with E-state index in [2.05, 4.69) is 15.0 Å². The molecule has 0 saturated carbocycles. The lowest BCUT2D eigenvalue weighted by molar-refractivity contribution is -0.134. The van der Waals surface area contributed by atoms with Crippen molar-refractivity contribution in [1.82, 2.24) is 19.5 Å². The van der Waals surface area contributed by atoms with Crippen LogP contribution in [-0.4, -0.2) is 92.2 Å². The molecule has 43 heavy (non-hydrogen) atoms. The van der Waals surface area contributed by atoms with Crippen LogP contribution < -0.4 is 5.73 Å². The Morgan fingerprint density at radius 3 is 1.88 bits per heavy atom. The number of carboxylic acids is 2. The van der Waals surface area contributed by atoms with Gasteiger partial charge in [0.2, 0.25) is 13.6 Å². The first-order valence-electron chi connectivity index (χ1n) is 12.4. The number of nitrogens with zero attached hydrogens (tertiary/aromatic N) is 4. The van der Waals surface area contributed by atoms with Crippen molar-refractivity contribution < 1.29 is 66.7 Å². The van der Waals surface area contributed by atoms with Crippen LogP contribution in [0.3, 0.4) is 0 Å². The molecule has 0 aliphatic carbocycles. The van der Waals surface area contributed by atoms with Gasteiger partial charge in [-0.1, -0.05) is 0 Å². The highest BCUT2D eigenvalue weighted by Gasteiger charge is 2.35. The molecule has 2 heterocycles. The van der Waals surface area contributed by atoms with Crippen LogP contribution in [0.2, 0.25) is 0 Å². The number of rotatable bonds is 15. The molecule has 0 amide bonds. The van der Waals surface area contributed by atoms with Gasteiger partial charge in [-0.15, -0.1) is 0 Å². The fourth-order valence-corrected chi connectivity index (χ4v) is 3.80. The van der Waals surface area contributed by atoms with E-state index in [4.69, 9.17) is 48.7 Å². The number of hydrogen-bond acceptors (Lipinski definition) is 16. The van der Waals surface area contributed by atoms with Gasteiger partial charge in [0.05, 0.1) is 25.1 Å². The minimum absolute atomic E-state index is 0.0414. The number of nitrogen functional groups attached to an aromatic ring is 1. The number of imidazole rings is 1. The summed E-state index contributed by atoms with van der Waals surface area (Å²) < 4.78 is 50.0. The second kappa shape index (κ2) is 18.3. The molecule has 0 fully saturated rings. The molecule has 1 unspecified atom stereocenters. The van der Waals surface area contributed by atoms with Gasteiger partial charge < -0.3 is 44.2 Å². The lowest BCUT2D eigenvalue weighted by Gasteiger charge is -2.24. The molecule has 2 rings (SSSR count). The maximum atomic E-state index is 13.3. The summed E-state index contributed by atoms with van der Waals surface area (Å²) in [5.41, 5.74) is 6.71. The van der Waals surface area contributed by atoms with Crippen LogP contribution in [0, 0.1) is 0 Å². The maximum Gasteiger partial charge on any atom is 0.510 e. The third-order valence-corrected chi connectivity index (χ3v) is 6.39. The molecule has 2 aromatic rings. The molecule has 240 valence electrons. The van der Waals surface area contributed by atoms with E-state index in [1.807, 2.05) is 0 Å². The summed E-state index contributed by atoms with van der Waals surface area (Å²) in [5, 5.41) is 15.6. The fourth-order valence-electron chi connectivity index (χ4n) is 2.61. The summed E-state index contributed by atoms with van der Waals surface area (Å²) in [4.78, 5) is 54.4. The number of aromatic nitrogens is 4. The fraction of sp³-hybridized carbons (Fsp3) is 0.522. The SMILES string of the molecule is CC(C)OC(=O)OCOP(=O)(OCOC(=O)OC(C)C)C(C)OCCn1cnc2c(N)ncnc21.O=C(O)/C=C/C(=O)O. The van der Waals surface area contributed by atoms with E-state index in [-0.39, 0.29) is 19.0 Å². The maximum absolute atomic E-state index is 13.3. The largest absolute Gasteiger partial charge is 0.510 e. The molecule has 2 aromatic heterocycles. The van der Waals surface area contributed by atoms with E-state index in [9.17, 15) is 23.7 Å². The van der Waals surface area contributed by atoms with Crippen molar-refractivity contribution in [3.8, 4) is 0 Å². The number of nitrogens with two attached hydrogens (primary N) is 1. The zero-order valence-corrected chi connectivity index (χ0v) is 24.9. The number of fused-ring (bicyclic) bond motifs is 1. The molecule has 4 N–H and O–H groups in total. The van der Waals surface area contributed by atoms with Crippen LogP contribution in [0.5, 0.6) is 0 Å². The molecule has 1 atom stereocenters. The average Bonchev–Trinajstić information content (AvgIpc) is 3.31. The van der Waals surface area contributed by atoms with Crippen LogP contribution in [0.1, 0.15) is 34.6 Å². The monoisotopic (exact) mass is 635 g/mol. The number of hydrogen-bond donors (Lipinski definition) is 3. The zero-order valence-electron chi connectivity index (χ0n) is 24.0. The van der Waals surface area contributed by atoms with Crippen molar-refractivity contribution in [2.75, 3.05) is 25.9 Å². The van der Waals surface area contributed by atoms with Crippen LogP contribution in [0.15, 0.2) is 24.8 Å². The highest BCUT2D eigenvalue weighted by molar-refractivity contribution is 7.54. The van der Waals surface area contributed by atoms with Crippen molar-refractivity contribution in [1.29, 1.82) is 0 Å². The molecule has 0 aliphatic rings. The Morgan fingerprint density at radius 2 is 1.42 bits per heavy atom. The van der Waals surface area contributed by atoms with Gasteiger partial charge in [-0.3, -0.25) is 13.6 Å². The van der Waals surface area contributed by atoms with Crippen molar-refractivity contribution in [3.05, 3.63) is 24.8 Å². The molecule has 0 aromatic carbocycles. The van der Waals surface area contributed by atoms with Gasteiger partial charge in [-0.2, -0.15) is 0 Å². The number of carboxylic acid groups (broad SMARTS) is 2. The Kier molecular flexibility index (Phi) is 15.6. The van der Waals surface area contributed by atoms with E-state index in [1.54, 1.807) is 32.3 Å². The normalized spacial score (nSPS) is 12.1. The van der Waals surface area contributed by atoms with E-state index in [0.29, 0.717) is 23.3 Å². The van der Waals surface area contributed by atoms with Crippen LogP contribution in [0.4, 0.5) is 15.4 Å². The molecule has 0 aliphatic heterocycles. The van der Waals surface area contributed by atoms with Gasteiger partial charge in [0.25, 0.3) is 0 Å². The molecule has 0 saturated heterocycles.